The van der Waals surface area contributed by atoms with Gasteiger partial charge in [-0.2, -0.15) is 0 Å². The van der Waals surface area contributed by atoms with Crippen LogP contribution in [0.3, 0.4) is 0 Å². The Hall–Kier alpha value is -0.280. The van der Waals surface area contributed by atoms with Crippen molar-refractivity contribution >= 4 is 18.2 Å². The van der Waals surface area contributed by atoms with E-state index in [1.54, 1.807) is 11.9 Å². The van der Waals surface area contributed by atoms with Crippen molar-refractivity contribution in [2.75, 3.05) is 0 Å². The summed E-state index contributed by atoms with van der Waals surface area (Å²) >= 11 is 1.69. The number of nitrogens with one attached hydrogen (secondary N) is 1. The lowest BCUT2D eigenvalue weighted by Crippen LogP contribution is -2.41. The first-order chi connectivity index (χ1) is 7.31. The van der Waals surface area contributed by atoms with Crippen molar-refractivity contribution in [1.29, 1.82) is 0 Å². The molecule has 2 atom stereocenters. The van der Waals surface area contributed by atoms with Gasteiger partial charge in [0.25, 0.3) is 0 Å². The van der Waals surface area contributed by atoms with Gasteiger partial charge in [0.05, 0.1) is 5.92 Å². The number of hydrogen-bond acceptors (Lipinski definition) is 3. The molecule has 1 fully saturated rings. The fourth-order valence-corrected chi connectivity index (χ4v) is 3.57. The Morgan fingerprint density at radius 3 is 2.80 bits per heavy atom. The summed E-state index contributed by atoms with van der Waals surface area (Å²) in [5, 5.41) is 0. The van der Waals surface area contributed by atoms with Gasteiger partial charge in [-0.25, -0.2) is 0 Å². The molecule has 2 rings (SSSR count). The van der Waals surface area contributed by atoms with Crippen LogP contribution in [0, 0.1) is 11.8 Å². The molecule has 1 N–H and O–H groups in total. The number of carbonyl (C=O) groups excluding carboxylic acids is 1. The van der Waals surface area contributed by atoms with Gasteiger partial charge in [0, 0.05) is 6.04 Å². The third kappa shape index (κ3) is 2.64. The number of aldehydes is 1. The second-order valence-corrected chi connectivity index (χ2v) is 5.72. The van der Waals surface area contributed by atoms with Crippen LogP contribution in [-0.2, 0) is 4.79 Å². The van der Waals surface area contributed by atoms with Gasteiger partial charge >= 0.3 is 0 Å². The molecule has 2 aliphatic rings. The van der Waals surface area contributed by atoms with Gasteiger partial charge in [-0.1, -0.05) is 25.3 Å². The Labute approximate surface area is 96.0 Å². The van der Waals surface area contributed by atoms with Crippen molar-refractivity contribution < 1.29 is 4.79 Å². The van der Waals surface area contributed by atoms with Crippen LogP contribution in [0.15, 0.2) is 11.0 Å². The van der Waals surface area contributed by atoms with E-state index in [1.165, 1.54) is 37.0 Å². The Bertz CT molecular complexity index is 258. The average Bonchev–Trinajstić information content (AvgIpc) is 2.30. The van der Waals surface area contributed by atoms with Crippen LogP contribution in [0.25, 0.3) is 0 Å². The molecule has 0 spiro atoms. The second-order valence-electron chi connectivity index (χ2n) is 4.63. The molecule has 0 radical (unpaired) electrons. The summed E-state index contributed by atoms with van der Waals surface area (Å²) in [6.07, 6.45) is 9.84. The molecule has 0 saturated heterocycles. The minimum Gasteiger partial charge on any atom is -0.303 e. The molecule has 1 heterocycles. The molecule has 15 heavy (non-hydrogen) atoms. The van der Waals surface area contributed by atoms with Crippen LogP contribution in [-0.4, -0.2) is 12.3 Å². The number of allylic oxidation sites excluding steroid dienone is 1. The van der Waals surface area contributed by atoms with Crippen LogP contribution in [0.2, 0.25) is 0 Å². The first-order valence-corrected chi connectivity index (χ1v) is 6.69. The molecule has 0 aromatic carbocycles. The van der Waals surface area contributed by atoms with Crippen molar-refractivity contribution in [3.8, 4) is 0 Å². The normalized spacial score (nSPS) is 33.5. The summed E-state index contributed by atoms with van der Waals surface area (Å²) in [7, 11) is 0. The van der Waals surface area contributed by atoms with Crippen molar-refractivity contribution in [2.24, 2.45) is 11.8 Å². The smallest absolute Gasteiger partial charge is 0.128 e. The SMILES string of the molecule is CC1=CC(C=O)C(C2CCCCC2)NS1. The monoisotopic (exact) mass is 225 g/mol. The Balaban J connectivity index is 2.04. The zero-order chi connectivity index (χ0) is 10.7. The third-order valence-electron chi connectivity index (χ3n) is 3.51. The predicted molar refractivity (Wildman–Crippen MR) is 64.4 cm³/mol. The van der Waals surface area contributed by atoms with Crippen LogP contribution in [0.4, 0.5) is 0 Å². The van der Waals surface area contributed by atoms with Gasteiger partial charge in [0.1, 0.15) is 6.29 Å². The lowest BCUT2D eigenvalue weighted by molar-refractivity contribution is -0.110. The van der Waals surface area contributed by atoms with E-state index in [-0.39, 0.29) is 5.92 Å². The van der Waals surface area contributed by atoms with E-state index in [2.05, 4.69) is 17.7 Å². The molecule has 0 aromatic rings. The first-order valence-electron chi connectivity index (χ1n) is 5.87. The van der Waals surface area contributed by atoms with Gasteiger partial charge in [-0.15, -0.1) is 0 Å². The summed E-state index contributed by atoms with van der Waals surface area (Å²) in [6.45, 7) is 2.06. The molecule has 0 bridgehead atoms. The van der Waals surface area contributed by atoms with E-state index in [0.717, 1.165) is 6.29 Å². The van der Waals surface area contributed by atoms with Crippen LogP contribution >= 0.6 is 11.9 Å². The van der Waals surface area contributed by atoms with E-state index >= 15 is 0 Å². The predicted octanol–water partition coefficient (Wildman–Crippen LogP) is 2.91. The summed E-state index contributed by atoms with van der Waals surface area (Å²) in [4.78, 5) is 12.3. The van der Waals surface area contributed by atoms with Crippen molar-refractivity contribution in [2.45, 2.75) is 45.1 Å². The Morgan fingerprint density at radius 1 is 1.40 bits per heavy atom. The highest BCUT2D eigenvalue weighted by Gasteiger charge is 2.31. The minimum absolute atomic E-state index is 0.0920. The molecule has 2 unspecified atom stereocenters. The fraction of sp³-hybridized carbons (Fsp3) is 0.750. The van der Waals surface area contributed by atoms with Crippen molar-refractivity contribution in [3.05, 3.63) is 11.0 Å². The first kappa shape index (κ1) is 11.2. The standard InChI is InChI=1S/C12H19NOS/c1-9-7-11(8-14)12(13-15-9)10-5-3-2-4-6-10/h7-8,10-13H,2-6H2,1H3. The Kier molecular flexibility index (Phi) is 3.87. The molecule has 3 heteroatoms. The van der Waals surface area contributed by atoms with Gasteiger partial charge in [0.15, 0.2) is 0 Å². The molecule has 84 valence electrons. The second kappa shape index (κ2) is 5.17. The molecule has 0 amide bonds. The molecular formula is C12H19NOS. The molecule has 2 nitrogen and oxygen atoms in total. The average molecular weight is 225 g/mol. The van der Waals surface area contributed by atoms with E-state index in [4.69, 9.17) is 0 Å². The molecule has 1 aliphatic carbocycles. The minimum atomic E-state index is 0.0920. The molecule has 0 aromatic heterocycles. The van der Waals surface area contributed by atoms with Gasteiger partial charge in [-0.3, -0.25) is 4.72 Å². The maximum atomic E-state index is 11.1. The zero-order valence-electron chi connectivity index (χ0n) is 9.24. The lowest BCUT2D eigenvalue weighted by Gasteiger charge is -2.35. The van der Waals surface area contributed by atoms with Gasteiger partial charge in [-0.05, 0) is 42.5 Å². The van der Waals surface area contributed by atoms with Crippen molar-refractivity contribution in [1.82, 2.24) is 4.72 Å². The Morgan fingerprint density at radius 2 is 2.13 bits per heavy atom. The highest BCUT2D eigenvalue weighted by Crippen LogP contribution is 2.34. The summed E-state index contributed by atoms with van der Waals surface area (Å²) in [6, 6.07) is 0.372. The van der Waals surface area contributed by atoms with Gasteiger partial charge in [0.2, 0.25) is 0 Å². The van der Waals surface area contributed by atoms with E-state index in [9.17, 15) is 4.79 Å². The lowest BCUT2D eigenvalue weighted by atomic mass is 9.79. The molecule has 1 aliphatic heterocycles. The van der Waals surface area contributed by atoms with Crippen molar-refractivity contribution in [3.63, 3.8) is 0 Å². The molecular weight excluding hydrogens is 206 g/mol. The topological polar surface area (TPSA) is 29.1 Å². The number of hydrogen-bond donors (Lipinski definition) is 1. The highest BCUT2D eigenvalue weighted by molar-refractivity contribution is 8.01. The quantitative estimate of drug-likeness (QED) is 0.579. The highest BCUT2D eigenvalue weighted by atomic mass is 32.2. The maximum absolute atomic E-state index is 11.1. The van der Waals surface area contributed by atoms with Crippen LogP contribution < -0.4 is 4.72 Å². The largest absolute Gasteiger partial charge is 0.303 e. The van der Waals surface area contributed by atoms with E-state index in [0.29, 0.717) is 12.0 Å². The maximum Gasteiger partial charge on any atom is 0.128 e. The number of carbonyl (C=O) groups is 1. The van der Waals surface area contributed by atoms with E-state index < -0.39 is 0 Å². The van der Waals surface area contributed by atoms with Crippen LogP contribution in [0.5, 0.6) is 0 Å². The van der Waals surface area contributed by atoms with Crippen LogP contribution in [0.1, 0.15) is 39.0 Å². The summed E-state index contributed by atoms with van der Waals surface area (Å²) in [5.74, 6) is 0.792. The zero-order valence-corrected chi connectivity index (χ0v) is 10.1. The number of rotatable bonds is 2. The van der Waals surface area contributed by atoms with E-state index in [1.807, 2.05) is 0 Å². The fourth-order valence-electron chi connectivity index (χ4n) is 2.68. The third-order valence-corrected chi connectivity index (χ3v) is 4.36. The summed E-state index contributed by atoms with van der Waals surface area (Å²) in [5.41, 5.74) is 0. The van der Waals surface area contributed by atoms with Gasteiger partial charge < -0.3 is 4.79 Å². The summed E-state index contributed by atoms with van der Waals surface area (Å²) < 4.78 is 3.46. The molecule has 1 saturated carbocycles.